The Balaban J connectivity index is 1.47. The Morgan fingerprint density at radius 1 is 1.20 bits per heavy atom. The van der Waals surface area contributed by atoms with Gasteiger partial charge in [0.05, 0.1) is 12.3 Å². The minimum atomic E-state index is -0.121. The van der Waals surface area contributed by atoms with Gasteiger partial charge in [-0.1, -0.05) is 0 Å². The molecule has 7 heteroatoms. The normalized spacial score (nSPS) is 16.2. The van der Waals surface area contributed by atoms with Crippen molar-refractivity contribution in [3.05, 3.63) is 54.6 Å². The highest BCUT2D eigenvalue weighted by Crippen LogP contribution is 2.32. The van der Waals surface area contributed by atoms with Gasteiger partial charge in [-0.15, -0.1) is 0 Å². The van der Waals surface area contributed by atoms with Crippen LogP contribution in [0.3, 0.4) is 0 Å². The lowest BCUT2D eigenvalue weighted by molar-refractivity contribution is -0.131. The first-order chi connectivity index (χ1) is 14.6. The van der Waals surface area contributed by atoms with Gasteiger partial charge in [-0.05, 0) is 63.1 Å². The van der Waals surface area contributed by atoms with E-state index < -0.39 is 0 Å². The van der Waals surface area contributed by atoms with Gasteiger partial charge in [-0.3, -0.25) is 4.79 Å². The van der Waals surface area contributed by atoms with Crippen LogP contribution >= 0.6 is 0 Å². The number of carbonyl (C=O) groups is 2. The van der Waals surface area contributed by atoms with Gasteiger partial charge in [-0.2, -0.15) is 0 Å². The third kappa shape index (κ3) is 3.92. The molecule has 3 heterocycles. The molecule has 0 spiro atoms. The van der Waals surface area contributed by atoms with Crippen molar-refractivity contribution in [1.82, 2.24) is 14.4 Å². The fourth-order valence-corrected chi connectivity index (χ4v) is 4.22. The maximum atomic E-state index is 12.9. The van der Waals surface area contributed by atoms with E-state index in [2.05, 4.69) is 5.32 Å². The molecule has 1 aromatic carbocycles. The lowest BCUT2D eigenvalue weighted by atomic mass is 10.2. The number of urea groups is 1. The highest BCUT2D eigenvalue weighted by molar-refractivity contribution is 5.93. The quantitative estimate of drug-likeness (QED) is 0.654. The smallest absolute Gasteiger partial charge is 0.322 e. The number of likely N-dealkylation sites (N-methyl/N-ethyl adjacent to an activating group) is 1. The van der Waals surface area contributed by atoms with Crippen molar-refractivity contribution in [2.75, 3.05) is 25.0 Å². The number of fused-ring (bicyclic) bond motifs is 1. The molecule has 1 fully saturated rings. The molecule has 1 aliphatic heterocycles. The van der Waals surface area contributed by atoms with E-state index in [9.17, 15) is 9.59 Å². The molecule has 0 saturated carbocycles. The maximum Gasteiger partial charge on any atom is 0.322 e. The molecule has 4 rings (SSSR count). The van der Waals surface area contributed by atoms with E-state index in [0.717, 1.165) is 35.2 Å². The lowest BCUT2D eigenvalue weighted by Crippen LogP contribution is -2.34. The number of nitrogens with zero attached hydrogens (tertiary/aromatic N) is 3. The lowest BCUT2D eigenvalue weighted by Gasteiger charge is -2.23. The Bertz CT molecular complexity index is 1020. The van der Waals surface area contributed by atoms with Gasteiger partial charge < -0.3 is 24.1 Å². The number of carbonyl (C=O) groups excluding carboxylic acids is 2. The number of aromatic nitrogens is 1. The molecule has 1 aliphatic rings. The highest BCUT2D eigenvalue weighted by atomic mass is 16.3. The number of hydrogen-bond donors (Lipinski definition) is 1. The van der Waals surface area contributed by atoms with Gasteiger partial charge in [0.1, 0.15) is 12.3 Å². The summed E-state index contributed by atoms with van der Waals surface area (Å²) < 4.78 is 7.47. The van der Waals surface area contributed by atoms with E-state index in [4.69, 9.17) is 4.42 Å². The maximum absolute atomic E-state index is 12.9. The Morgan fingerprint density at radius 2 is 2.03 bits per heavy atom. The van der Waals surface area contributed by atoms with Crippen LogP contribution in [0.2, 0.25) is 0 Å². The summed E-state index contributed by atoms with van der Waals surface area (Å²) in [6, 6.07) is 11.4. The van der Waals surface area contributed by atoms with E-state index in [1.807, 2.05) is 70.8 Å². The van der Waals surface area contributed by atoms with Crippen molar-refractivity contribution in [3.8, 4) is 0 Å². The van der Waals surface area contributed by atoms with Crippen molar-refractivity contribution in [3.63, 3.8) is 0 Å². The summed E-state index contributed by atoms with van der Waals surface area (Å²) in [5.74, 6) is 0.931. The summed E-state index contributed by atoms with van der Waals surface area (Å²) in [5.41, 5.74) is 1.72. The number of furan rings is 1. The average molecular weight is 409 g/mol. The minimum Gasteiger partial charge on any atom is -0.467 e. The number of benzene rings is 1. The third-order valence-corrected chi connectivity index (χ3v) is 5.83. The summed E-state index contributed by atoms with van der Waals surface area (Å²) in [5, 5.41) is 4.01. The monoisotopic (exact) mass is 408 g/mol. The van der Waals surface area contributed by atoms with Crippen LogP contribution in [0.4, 0.5) is 10.5 Å². The van der Waals surface area contributed by atoms with Crippen LogP contribution in [-0.4, -0.2) is 45.9 Å². The molecule has 1 unspecified atom stereocenters. The summed E-state index contributed by atoms with van der Waals surface area (Å²) in [6.45, 7) is 6.42. The summed E-state index contributed by atoms with van der Waals surface area (Å²) in [4.78, 5) is 29.0. The molecule has 158 valence electrons. The average Bonchev–Trinajstić information content (AvgIpc) is 3.49. The molecular weight excluding hydrogens is 380 g/mol. The third-order valence-electron chi connectivity index (χ3n) is 5.83. The molecule has 1 saturated heterocycles. The first-order valence-corrected chi connectivity index (χ1v) is 10.6. The summed E-state index contributed by atoms with van der Waals surface area (Å²) in [6.07, 6.45) is 5.43. The molecule has 0 bridgehead atoms. The van der Waals surface area contributed by atoms with Crippen molar-refractivity contribution >= 4 is 28.5 Å². The molecule has 1 N–H and O–H groups in total. The van der Waals surface area contributed by atoms with Crippen LogP contribution < -0.4 is 5.32 Å². The van der Waals surface area contributed by atoms with Gasteiger partial charge in [-0.25, -0.2) is 4.79 Å². The van der Waals surface area contributed by atoms with Crippen LogP contribution in [-0.2, 0) is 11.3 Å². The van der Waals surface area contributed by atoms with Crippen molar-refractivity contribution in [1.29, 1.82) is 0 Å². The van der Waals surface area contributed by atoms with Crippen LogP contribution in [0.15, 0.2) is 53.3 Å². The van der Waals surface area contributed by atoms with Gasteiger partial charge >= 0.3 is 6.03 Å². The first-order valence-electron chi connectivity index (χ1n) is 10.6. The molecule has 3 aromatic rings. The highest BCUT2D eigenvalue weighted by Gasteiger charge is 2.31. The Hall–Kier alpha value is -3.22. The second-order valence-electron chi connectivity index (χ2n) is 7.58. The standard InChI is InChI=1S/C23H28N4O3/c1-3-25(4-2)22(28)16-26-13-11-17-15-18(9-10-19(17)26)24-23(29)27-12-5-7-20(27)21-8-6-14-30-21/h6,8-11,13-15,20H,3-5,7,12,16H2,1-2H3,(H,24,29). The molecule has 3 amide bonds. The molecular formula is C23H28N4O3. The number of amides is 3. The van der Waals surface area contributed by atoms with E-state index >= 15 is 0 Å². The predicted octanol–water partition coefficient (Wildman–Crippen LogP) is 4.47. The molecule has 0 radical (unpaired) electrons. The van der Waals surface area contributed by atoms with Crippen molar-refractivity contribution in [2.45, 2.75) is 39.3 Å². The second-order valence-corrected chi connectivity index (χ2v) is 7.58. The second kappa shape index (κ2) is 8.65. The number of hydrogen-bond acceptors (Lipinski definition) is 3. The zero-order chi connectivity index (χ0) is 21.1. The zero-order valence-electron chi connectivity index (χ0n) is 17.5. The Morgan fingerprint density at radius 3 is 2.77 bits per heavy atom. The Kier molecular flexibility index (Phi) is 5.79. The van der Waals surface area contributed by atoms with Gasteiger partial charge in [0, 0.05) is 42.4 Å². The van der Waals surface area contributed by atoms with E-state index in [1.165, 1.54) is 0 Å². The number of rotatable bonds is 6. The fraction of sp³-hybridized carbons (Fsp3) is 0.391. The molecule has 2 aromatic heterocycles. The van der Waals surface area contributed by atoms with Gasteiger partial charge in [0.25, 0.3) is 0 Å². The molecule has 0 aliphatic carbocycles. The summed E-state index contributed by atoms with van der Waals surface area (Å²) in [7, 11) is 0. The van der Waals surface area contributed by atoms with E-state index in [-0.39, 0.29) is 18.0 Å². The zero-order valence-corrected chi connectivity index (χ0v) is 17.5. The number of nitrogens with one attached hydrogen (secondary N) is 1. The van der Waals surface area contributed by atoms with Crippen LogP contribution in [0.5, 0.6) is 0 Å². The molecule has 30 heavy (non-hydrogen) atoms. The van der Waals surface area contributed by atoms with Crippen LogP contribution in [0.25, 0.3) is 10.9 Å². The first kappa shape index (κ1) is 20.1. The van der Waals surface area contributed by atoms with Gasteiger partial charge in [0.2, 0.25) is 5.91 Å². The molecule has 7 nitrogen and oxygen atoms in total. The fourth-order valence-electron chi connectivity index (χ4n) is 4.22. The number of anilines is 1. The largest absolute Gasteiger partial charge is 0.467 e. The Labute approximate surface area is 176 Å². The van der Waals surface area contributed by atoms with Crippen LogP contribution in [0, 0.1) is 0 Å². The SMILES string of the molecule is CCN(CC)C(=O)Cn1ccc2cc(NC(=O)N3CCCC3c3ccco3)ccc21. The van der Waals surface area contributed by atoms with Gasteiger partial charge in [0.15, 0.2) is 0 Å². The molecule has 1 atom stereocenters. The summed E-state index contributed by atoms with van der Waals surface area (Å²) >= 11 is 0. The van der Waals surface area contributed by atoms with Crippen molar-refractivity contribution < 1.29 is 14.0 Å². The van der Waals surface area contributed by atoms with E-state index in [0.29, 0.717) is 26.2 Å². The predicted molar refractivity (Wildman–Crippen MR) is 116 cm³/mol. The van der Waals surface area contributed by atoms with E-state index in [1.54, 1.807) is 6.26 Å². The van der Waals surface area contributed by atoms with Crippen molar-refractivity contribution in [2.24, 2.45) is 0 Å². The topological polar surface area (TPSA) is 70.7 Å². The minimum absolute atomic E-state index is 0.0177. The number of likely N-dealkylation sites (tertiary alicyclic amines) is 1. The van der Waals surface area contributed by atoms with Crippen LogP contribution in [0.1, 0.15) is 38.5 Å².